The van der Waals surface area contributed by atoms with Crippen LogP contribution < -0.4 is 5.32 Å². The van der Waals surface area contributed by atoms with E-state index in [1.807, 2.05) is 11.0 Å². The Morgan fingerprint density at radius 1 is 1.21 bits per heavy atom. The second-order valence-electron chi connectivity index (χ2n) is 6.57. The Hall–Kier alpha value is -1.88. The Morgan fingerprint density at radius 2 is 1.83 bits per heavy atom. The summed E-state index contributed by atoms with van der Waals surface area (Å²) in [5, 5.41) is 3.09. The number of nitrogens with one attached hydrogen (secondary N) is 1. The summed E-state index contributed by atoms with van der Waals surface area (Å²) in [6, 6.07) is 5.99. The van der Waals surface area contributed by atoms with Gasteiger partial charge in [0.2, 0.25) is 11.8 Å². The largest absolute Gasteiger partial charge is 0.347 e. The lowest BCUT2D eigenvalue weighted by atomic mass is 10.0. The van der Waals surface area contributed by atoms with Crippen molar-refractivity contribution in [3.8, 4) is 0 Å². The number of likely N-dealkylation sites (tertiary alicyclic amines) is 1. The molecule has 0 saturated carbocycles. The van der Waals surface area contributed by atoms with Crippen LogP contribution in [0.5, 0.6) is 0 Å². The first-order chi connectivity index (χ1) is 11.5. The van der Waals surface area contributed by atoms with Crippen molar-refractivity contribution in [1.82, 2.24) is 9.80 Å². The summed E-state index contributed by atoms with van der Waals surface area (Å²) in [4.78, 5) is 28.4. The zero-order chi connectivity index (χ0) is 17.7. The van der Waals surface area contributed by atoms with Crippen LogP contribution in [0.4, 0.5) is 5.69 Å². The van der Waals surface area contributed by atoms with E-state index in [1.54, 1.807) is 19.0 Å². The van der Waals surface area contributed by atoms with Gasteiger partial charge in [0.1, 0.15) is 0 Å². The van der Waals surface area contributed by atoms with E-state index in [0.717, 1.165) is 49.0 Å². The van der Waals surface area contributed by atoms with Crippen molar-refractivity contribution in [1.29, 1.82) is 0 Å². The number of anilines is 1. The molecule has 1 heterocycles. The SMILES string of the molecule is CCc1cccc(CC)c1NC(=O)CN1CCCC1C(=O)N(C)C. The predicted molar refractivity (Wildman–Crippen MR) is 97.1 cm³/mol. The van der Waals surface area contributed by atoms with E-state index >= 15 is 0 Å². The fourth-order valence-corrected chi connectivity index (χ4v) is 3.36. The number of benzene rings is 1. The second-order valence-corrected chi connectivity index (χ2v) is 6.57. The monoisotopic (exact) mass is 331 g/mol. The van der Waals surface area contributed by atoms with Gasteiger partial charge in [0.25, 0.3) is 0 Å². The fraction of sp³-hybridized carbons (Fsp3) is 0.579. The Labute approximate surface area is 145 Å². The van der Waals surface area contributed by atoms with Gasteiger partial charge in [-0.1, -0.05) is 32.0 Å². The first-order valence-corrected chi connectivity index (χ1v) is 8.83. The van der Waals surface area contributed by atoms with Gasteiger partial charge in [-0.25, -0.2) is 0 Å². The van der Waals surface area contributed by atoms with Crippen molar-refractivity contribution in [3.63, 3.8) is 0 Å². The number of nitrogens with zero attached hydrogens (tertiary/aromatic N) is 2. The highest BCUT2D eigenvalue weighted by atomic mass is 16.2. The van der Waals surface area contributed by atoms with Crippen molar-refractivity contribution in [3.05, 3.63) is 29.3 Å². The van der Waals surface area contributed by atoms with E-state index in [2.05, 4.69) is 31.3 Å². The van der Waals surface area contributed by atoms with E-state index in [1.165, 1.54) is 0 Å². The van der Waals surface area contributed by atoms with Crippen LogP contribution in [-0.2, 0) is 22.4 Å². The summed E-state index contributed by atoms with van der Waals surface area (Å²) in [7, 11) is 3.54. The number of amides is 2. The zero-order valence-corrected chi connectivity index (χ0v) is 15.3. The minimum absolute atomic E-state index is 0.0379. The van der Waals surface area contributed by atoms with Crippen LogP contribution in [-0.4, -0.2) is 54.8 Å². The number of hydrogen-bond acceptors (Lipinski definition) is 3. The Balaban J connectivity index is 2.07. The van der Waals surface area contributed by atoms with Gasteiger partial charge in [0.05, 0.1) is 12.6 Å². The summed E-state index contributed by atoms with van der Waals surface area (Å²) in [5.74, 6) is 0.0487. The first kappa shape index (κ1) is 18.5. The molecule has 1 aromatic carbocycles. The molecule has 5 heteroatoms. The highest BCUT2D eigenvalue weighted by Gasteiger charge is 2.32. The average molecular weight is 331 g/mol. The number of para-hydroxylation sites is 1. The van der Waals surface area contributed by atoms with Gasteiger partial charge in [-0.15, -0.1) is 0 Å². The fourth-order valence-electron chi connectivity index (χ4n) is 3.36. The number of likely N-dealkylation sites (N-methyl/N-ethyl adjacent to an activating group) is 1. The zero-order valence-electron chi connectivity index (χ0n) is 15.3. The van der Waals surface area contributed by atoms with Gasteiger partial charge in [-0.05, 0) is 43.4 Å². The highest BCUT2D eigenvalue weighted by Crippen LogP contribution is 2.23. The van der Waals surface area contributed by atoms with Gasteiger partial charge in [-0.2, -0.15) is 0 Å². The van der Waals surface area contributed by atoms with Crippen LogP contribution in [0.25, 0.3) is 0 Å². The molecule has 24 heavy (non-hydrogen) atoms. The summed E-state index contributed by atoms with van der Waals surface area (Å²) < 4.78 is 0. The third-order valence-electron chi connectivity index (χ3n) is 4.70. The molecular formula is C19H29N3O2. The summed E-state index contributed by atoms with van der Waals surface area (Å²) >= 11 is 0. The molecule has 1 atom stereocenters. The summed E-state index contributed by atoms with van der Waals surface area (Å²) in [6.07, 6.45) is 3.56. The maximum atomic E-state index is 12.6. The third kappa shape index (κ3) is 4.15. The van der Waals surface area contributed by atoms with Crippen LogP contribution in [0, 0.1) is 0 Å². The highest BCUT2D eigenvalue weighted by molar-refractivity contribution is 5.94. The maximum absolute atomic E-state index is 12.6. The van der Waals surface area contributed by atoms with Gasteiger partial charge >= 0.3 is 0 Å². The van der Waals surface area contributed by atoms with Crippen molar-refractivity contribution >= 4 is 17.5 Å². The lowest BCUT2D eigenvalue weighted by molar-refractivity contribution is -0.133. The van der Waals surface area contributed by atoms with Crippen LogP contribution in [0.3, 0.4) is 0 Å². The molecule has 1 aromatic rings. The smallest absolute Gasteiger partial charge is 0.239 e. The average Bonchev–Trinajstić information content (AvgIpc) is 3.01. The Kier molecular flexibility index (Phi) is 6.37. The van der Waals surface area contributed by atoms with E-state index < -0.39 is 0 Å². The lowest BCUT2D eigenvalue weighted by Crippen LogP contribution is -2.45. The molecule has 1 saturated heterocycles. The van der Waals surface area contributed by atoms with Crippen LogP contribution >= 0.6 is 0 Å². The van der Waals surface area contributed by atoms with Gasteiger partial charge < -0.3 is 10.2 Å². The molecule has 1 fully saturated rings. The third-order valence-corrected chi connectivity index (χ3v) is 4.70. The minimum Gasteiger partial charge on any atom is -0.347 e. The minimum atomic E-state index is -0.169. The number of rotatable bonds is 6. The van der Waals surface area contributed by atoms with E-state index in [-0.39, 0.29) is 24.4 Å². The van der Waals surface area contributed by atoms with E-state index in [4.69, 9.17) is 0 Å². The standard InChI is InChI=1S/C19H29N3O2/c1-5-14-9-7-10-15(6-2)18(14)20-17(23)13-22-12-8-11-16(22)19(24)21(3)4/h7,9-10,16H,5-6,8,11-13H2,1-4H3,(H,20,23). The van der Waals surface area contributed by atoms with Gasteiger partial charge in [-0.3, -0.25) is 14.5 Å². The molecule has 1 aliphatic heterocycles. The summed E-state index contributed by atoms with van der Waals surface area (Å²) in [5.41, 5.74) is 3.26. The van der Waals surface area contributed by atoms with Crippen molar-refractivity contribution in [2.45, 2.75) is 45.6 Å². The number of hydrogen-bond donors (Lipinski definition) is 1. The molecule has 132 valence electrons. The molecule has 5 nitrogen and oxygen atoms in total. The topological polar surface area (TPSA) is 52.7 Å². The number of aryl methyl sites for hydroxylation is 2. The van der Waals surface area contributed by atoms with Gasteiger partial charge in [0.15, 0.2) is 0 Å². The van der Waals surface area contributed by atoms with Crippen molar-refractivity contribution < 1.29 is 9.59 Å². The molecule has 0 radical (unpaired) electrons. The Morgan fingerprint density at radius 3 is 2.38 bits per heavy atom. The normalized spacial score (nSPS) is 17.8. The van der Waals surface area contributed by atoms with Crippen molar-refractivity contribution in [2.24, 2.45) is 0 Å². The lowest BCUT2D eigenvalue weighted by Gasteiger charge is -2.25. The molecule has 1 unspecified atom stereocenters. The molecule has 1 aliphatic rings. The molecule has 0 bridgehead atoms. The molecule has 0 spiro atoms. The molecule has 2 amide bonds. The summed E-state index contributed by atoms with van der Waals surface area (Å²) in [6.45, 7) is 5.26. The van der Waals surface area contributed by atoms with E-state index in [9.17, 15) is 9.59 Å². The Bertz CT molecular complexity index is 576. The van der Waals surface area contributed by atoms with E-state index in [0.29, 0.717) is 0 Å². The molecular weight excluding hydrogens is 302 g/mol. The van der Waals surface area contributed by atoms with Crippen LogP contribution in [0.1, 0.15) is 37.8 Å². The maximum Gasteiger partial charge on any atom is 0.239 e. The molecule has 2 rings (SSSR count). The molecule has 1 N–H and O–H groups in total. The van der Waals surface area contributed by atoms with Gasteiger partial charge in [0, 0.05) is 19.8 Å². The quantitative estimate of drug-likeness (QED) is 0.870. The number of carbonyl (C=O) groups excluding carboxylic acids is 2. The van der Waals surface area contributed by atoms with Crippen LogP contribution in [0.15, 0.2) is 18.2 Å². The first-order valence-electron chi connectivity index (χ1n) is 8.83. The number of carbonyl (C=O) groups is 2. The second kappa shape index (κ2) is 8.29. The van der Waals surface area contributed by atoms with Crippen molar-refractivity contribution in [2.75, 3.05) is 32.5 Å². The molecule has 0 aliphatic carbocycles. The predicted octanol–water partition coefficient (Wildman–Crippen LogP) is 2.30. The molecule has 0 aromatic heterocycles. The van der Waals surface area contributed by atoms with Crippen LogP contribution in [0.2, 0.25) is 0 Å².